The highest BCUT2D eigenvalue weighted by Gasteiger charge is 2.25. The van der Waals surface area contributed by atoms with Gasteiger partial charge in [-0.3, -0.25) is 4.79 Å². The zero-order valence-electron chi connectivity index (χ0n) is 11.6. The van der Waals surface area contributed by atoms with E-state index in [0.717, 1.165) is 5.56 Å². The molecule has 0 aliphatic heterocycles. The number of benzene rings is 1. The van der Waals surface area contributed by atoms with Crippen LogP contribution < -0.4 is 15.8 Å². The molecule has 1 aromatic rings. The third kappa shape index (κ3) is 8.19. The summed E-state index contributed by atoms with van der Waals surface area (Å²) in [6.07, 6.45) is -4.67. The lowest BCUT2D eigenvalue weighted by Gasteiger charge is -2.08. The molecule has 0 unspecified atom stereocenters. The van der Waals surface area contributed by atoms with Crippen LogP contribution in [0.1, 0.15) is 24.8 Å². The van der Waals surface area contributed by atoms with Crippen molar-refractivity contribution in [2.75, 3.05) is 13.2 Å². The number of nitrogens with two attached hydrogens (primary N) is 1. The zero-order chi connectivity index (χ0) is 15.7. The minimum Gasteiger partial charge on any atom is -0.484 e. The maximum absolute atomic E-state index is 11.9. The van der Waals surface area contributed by atoms with Crippen LogP contribution in [0, 0.1) is 0 Å². The molecule has 1 rings (SSSR count). The van der Waals surface area contributed by atoms with Crippen molar-refractivity contribution in [2.45, 2.75) is 32.0 Å². The molecule has 21 heavy (non-hydrogen) atoms. The molecule has 0 spiro atoms. The van der Waals surface area contributed by atoms with E-state index in [1.54, 1.807) is 24.3 Å². The van der Waals surface area contributed by atoms with Crippen molar-refractivity contribution >= 4 is 5.91 Å². The molecule has 0 bridgehead atoms. The Hall–Kier alpha value is -1.76. The molecule has 4 nitrogen and oxygen atoms in total. The van der Waals surface area contributed by atoms with Gasteiger partial charge in [-0.15, -0.1) is 0 Å². The van der Waals surface area contributed by atoms with Gasteiger partial charge in [-0.05, 0) is 30.5 Å². The second kappa shape index (κ2) is 8.51. The second-order valence-corrected chi connectivity index (χ2v) is 4.56. The van der Waals surface area contributed by atoms with Crippen LogP contribution in [0.15, 0.2) is 24.3 Å². The number of unbranched alkanes of at least 4 members (excludes halogenated alkanes) is 1. The molecular weight excluding hydrogens is 285 g/mol. The third-order valence-electron chi connectivity index (χ3n) is 2.74. The summed E-state index contributed by atoms with van der Waals surface area (Å²) in [7, 11) is 0. The van der Waals surface area contributed by atoms with Crippen molar-refractivity contribution in [2.24, 2.45) is 5.73 Å². The summed E-state index contributed by atoms with van der Waals surface area (Å²) >= 11 is 0. The highest BCUT2D eigenvalue weighted by molar-refractivity contribution is 5.77. The highest BCUT2D eigenvalue weighted by Crippen LogP contribution is 2.21. The van der Waals surface area contributed by atoms with Gasteiger partial charge >= 0.3 is 6.18 Å². The Balaban J connectivity index is 2.13. The van der Waals surface area contributed by atoms with Crippen LogP contribution in [0.4, 0.5) is 13.2 Å². The van der Waals surface area contributed by atoms with Gasteiger partial charge in [0.25, 0.3) is 5.91 Å². The Labute approximate surface area is 121 Å². The molecule has 118 valence electrons. The van der Waals surface area contributed by atoms with Crippen LogP contribution >= 0.6 is 0 Å². The van der Waals surface area contributed by atoms with Crippen LogP contribution in [0.5, 0.6) is 5.75 Å². The van der Waals surface area contributed by atoms with E-state index < -0.39 is 12.6 Å². The molecule has 1 amide bonds. The molecule has 0 aliphatic carbocycles. The quantitative estimate of drug-likeness (QED) is 0.725. The van der Waals surface area contributed by atoms with Gasteiger partial charge in [-0.2, -0.15) is 13.2 Å². The number of carbonyl (C=O) groups excluding carboxylic acids is 1. The topological polar surface area (TPSA) is 64.3 Å². The molecule has 0 aromatic heterocycles. The monoisotopic (exact) mass is 304 g/mol. The summed E-state index contributed by atoms with van der Waals surface area (Å²) in [5.74, 6) is 0.185. The lowest BCUT2D eigenvalue weighted by atomic mass is 10.2. The zero-order valence-corrected chi connectivity index (χ0v) is 11.6. The number of halogens is 3. The van der Waals surface area contributed by atoms with Gasteiger partial charge < -0.3 is 15.8 Å². The minimum atomic E-state index is -4.14. The molecule has 0 atom stereocenters. The number of ether oxygens (including phenoxy) is 1. The first kappa shape index (κ1) is 17.3. The SMILES string of the molecule is NCc1ccc(OCC(=O)NCCCCC(F)(F)F)cc1. The fourth-order valence-electron chi connectivity index (χ4n) is 1.60. The summed E-state index contributed by atoms with van der Waals surface area (Å²) < 4.78 is 40.9. The van der Waals surface area contributed by atoms with E-state index in [-0.39, 0.29) is 31.9 Å². The molecule has 0 saturated carbocycles. The van der Waals surface area contributed by atoms with E-state index in [9.17, 15) is 18.0 Å². The Morgan fingerprint density at radius 2 is 1.86 bits per heavy atom. The second-order valence-electron chi connectivity index (χ2n) is 4.56. The molecule has 0 aliphatic rings. The summed E-state index contributed by atoms with van der Waals surface area (Å²) in [4.78, 5) is 11.4. The number of alkyl halides is 3. The molecule has 0 heterocycles. The van der Waals surface area contributed by atoms with Crippen LogP contribution in [0.2, 0.25) is 0 Å². The van der Waals surface area contributed by atoms with E-state index in [2.05, 4.69) is 5.32 Å². The van der Waals surface area contributed by atoms with Crippen molar-refractivity contribution < 1.29 is 22.7 Å². The maximum Gasteiger partial charge on any atom is 0.389 e. The van der Waals surface area contributed by atoms with Crippen LogP contribution in [-0.4, -0.2) is 25.2 Å². The number of nitrogens with one attached hydrogen (secondary N) is 1. The lowest BCUT2D eigenvalue weighted by molar-refractivity contribution is -0.135. The van der Waals surface area contributed by atoms with E-state index in [0.29, 0.717) is 12.3 Å². The van der Waals surface area contributed by atoms with E-state index >= 15 is 0 Å². The number of rotatable bonds is 8. The van der Waals surface area contributed by atoms with E-state index in [1.165, 1.54) is 0 Å². The largest absolute Gasteiger partial charge is 0.484 e. The van der Waals surface area contributed by atoms with E-state index in [1.807, 2.05) is 0 Å². The number of amides is 1. The normalized spacial score (nSPS) is 11.2. The van der Waals surface area contributed by atoms with Crippen molar-refractivity contribution in [3.63, 3.8) is 0 Å². The van der Waals surface area contributed by atoms with Crippen LogP contribution in [-0.2, 0) is 11.3 Å². The average molecular weight is 304 g/mol. The smallest absolute Gasteiger partial charge is 0.389 e. The number of hydrogen-bond donors (Lipinski definition) is 2. The molecule has 0 radical (unpaired) electrons. The van der Waals surface area contributed by atoms with Crippen molar-refractivity contribution in [1.82, 2.24) is 5.32 Å². The van der Waals surface area contributed by atoms with Gasteiger partial charge in [0.1, 0.15) is 5.75 Å². The average Bonchev–Trinajstić information content (AvgIpc) is 2.44. The van der Waals surface area contributed by atoms with E-state index in [4.69, 9.17) is 10.5 Å². The van der Waals surface area contributed by atoms with Gasteiger partial charge in [0.15, 0.2) is 6.61 Å². The molecule has 0 fully saturated rings. The van der Waals surface area contributed by atoms with Crippen LogP contribution in [0.3, 0.4) is 0 Å². The van der Waals surface area contributed by atoms with Crippen molar-refractivity contribution in [1.29, 1.82) is 0 Å². The molecule has 3 N–H and O–H groups in total. The lowest BCUT2D eigenvalue weighted by Crippen LogP contribution is -2.29. The van der Waals surface area contributed by atoms with Gasteiger partial charge in [-0.1, -0.05) is 12.1 Å². The number of carbonyl (C=O) groups is 1. The summed E-state index contributed by atoms with van der Waals surface area (Å²) in [6.45, 7) is 0.477. The van der Waals surface area contributed by atoms with Gasteiger partial charge in [0.2, 0.25) is 0 Å². The molecular formula is C14H19F3N2O2. The summed E-state index contributed by atoms with van der Waals surface area (Å²) in [5.41, 5.74) is 6.41. The highest BCUT2D eigenvalue weighted by atomic mass is 19.4. The first-order valence-corrected chi connectivity index (χ1v) is 6.66. The first-order valence-electron chi connectivity index (χ1n) is 6.66. The Morgan fingerprint density at radius 1 is 1.19 bits per heavy atom. The van der Waals surface area contributed by atoms with Gasteiger partial charge in [0, 0.05) is 19.5 Å². The minimum absolute atomic E-state index is 0.00515. The molecule has 7 heteroatoms. The Kier molecular flexibility index (Phi) is 7.01. The predicted octanol–water partition coefficient (Wildman–Crippen LogP) is 2.37. The van der Waals surface area contributed by atoms with Crippen molar-refractivity contribution in [3.8, 4) is 5.75 Å². The van der Waals surface area contributed by atoms with Crippen LogP contribution in [0.25, 0.3) is 0 Å². The number of hydrogen-bond acceptors (Lipinski definition) is 3. The predicted molar refractivity (Wildman–Crippen MR) is 72.7 cm³/mol. The fourth-order valence-corrected chi connectivity index (χ4v) is 1.60. The summed E-state index contributed by atoms with van der Waals surface area (Å²) in [5, 5.41) is 2.51. The standard InChI is InChI=1S/C14H19F3N2O2/c15-14(16,17)7-1-2-8-19-13(20)10-21-12-5-3-11(9-18)4-6-12/h3-6H,1-2,7-10,18H2,(H,19,20). The summed E-state index contributed by atoms with van der Waals surface area (Å²) in [6, 6.07) is 7.01. The van der Waals surface area contributed by atoms with Gasteiger partial charge in [0.05, 0.1) is 0 Å². The molecule has 1 aromatic carbocycles. The first-order chi connectivity index (χ1) is 9.90. The fraction of sp³-hybridized carbons (Fsp3) is 0.500. The maximum atomic E-state index is 11.9. The molecule has 0 saturated heterocycles. The third-order valence-corrected chi connectivity index (χ3v) is 2.74. The van der Waals surface area contributed by atoms with Crippen molar-refractivity contribution in [3.05, 3.63) is 29.8 Å². The Morgan fingerprint density at radius 3 is 2.43 bits per heavy atom. The van der Waals surface area contributed by atoms with Gasteiger partial charge in [-0.25, -0.2) is 0 Å². The Bertz CT molecular complexity index is 433.